The van der Waals surface area contributed by atoms with Crippen molar-refractivity contribution in [3.8, 4) is 0 Å². The van der Waals surface area contributed by atoms with Crippen molar-refractivity contribution in [1.82, 2.24) is 4.98 Å². The Morgan fingerprint density at radius 3 is 3.11 bits per heavy atom. The van der Waals surface area contributed by atoms with Gasteiger partial charge in [-0.2, -0.15) is 0 Å². The Labute approximate surface area is 106 Å². The summed E-state index contributed by atoms with van der Waals surface area (Å²) in [5, 5.41) is 4.07. The van der Waals surface area contributed by atoms with E-state index in [1.54, 1.807) is 18.5 Å². The first-order chi connectivity index (χ1) is 8.85. The Kier molecular flexibility index (Phi) is 4.02. The van der Waals surface area contributed by atoms with Crippen LogP contribution in [0.25, 0.3) is 0 Å². The molecule has 1 atom stereocenters. The Morgan fingerprint density at radius 2 is 2.44 bits per heavy atom. The van der Waals surface area contributed by atoms with Crippen LogP contribution in [0.2, 0.25) is 0 Å². The van der Waals surface area contributed by atoms with Crippen LogP contribution in [-0.2, 0) is 4.84 Å². The summed E-state index contributed by atoms with van der Waals surface area (Å²) in [7, 11) is 0. The fourth-order valence-corrected chi connectivity index (χ4v) is 1.65. The fraction of sp³-hybridized carbons (Fsp3) is 0.214. The predicted molar refractivity (Wildman–Crippen MR) is 72.7 cm³/mol. The van der Waals surface area contributed by atoms with Crippen molar-refractivity contribution in [3.05, 3.63) is 55.0 Å². The molecule has 92 valence electrons. The summed E-state index contributed by atoms with van der Waals surface area (Å²) in [6, 6.07) is 5.72. The van der Waals surface area contributed by atoms with Crippen LogP contribution < -0.4 is 0 Å². The molecule has 2 rings (SSSR count). The first-order valence-corrected chi connectivity index (χ1v) is 5.80. The molecule has 4 heteroatoms. The molecule has 0 saturated heterocycles. The van der Waals surface area contributed by atoms with Gasteiger partial charge in [0.05, 0.1) is 11.4 Å². The van der Waals surface area contributed by atoms with Gasteiger partial charge in [0.25, 0.3) is 0 Å². The molecule has 0 bridgehead atoms. The summed E-state index contributed by atoms with van der Waals surface area (Å²) in [6.07, 6.45) is 7.52. The monoisotopic (exact) mass is 241 g/mol. The van der Waals surface area contributed by atoms with Crippen molar-refractivity contribution in [3.63, 3.8) is 0 Å². The number of oxime groups is 1. The third-order valence-electron chi connectivity index (χ3n) is 2.54. The lowest BCUT2D eigenvalue weighted by Crippen LogP contribution is -2.19. The summed E-state index contributed by atoms with van der Waals surface area (Å²) in [6.45, 7) is 5.66. The largest absolute Gasteiger partial charge is 0.385 e. The number of allylic oxidation sites excluding steroid dienone is 1. The Balaban J connectivity index is 2.09. The van der Waals surface area contributed by atoms with Crippen molar-refractivity contribution < 1.29 is 4.84 Å². The standard InChI is InChI=1S/C14H15N3O/c1-3-8-15-11(4-2)14-10-13(17-18-14)12-7-5-6-9-16-12/h3-9,14H,2,10H2,1H3/b8-3-,15-11?. The van der Waals surface area contributed by atoms with Crippen LogP contribution in [0.3, 0.4) is 0 Å². The van der Waals surface area contributed by atoms with E-state index in [1.165, 1.54) is 0 Å². The van der Waals surface area contributed by atoms with Crippen LogP contribution in [0, 0.1) is 0 Å². The molecule has 1 aliphatic rings. The van der Waals surface area contributed by atoms with Crippen LogP contribution >= 0.6 is 0 Å². The molecule has 0 amide bonds. The molecule has 18 heavy (non-hydrogen) atoms. The van der Waals surface area contributed by atoms with Crippen molar-refractivity contribution in [2.45, 2.75) is 19.4 Å². The summed E-state index contributed by atoms with van der Waals surface area (Å²) in [5.74, 6) is 0. The maximum atomic E-state index is 5.38. The van der Waals surface area contributed by atoms with Crippen molar-refractivity contribution in [1.29, 1.82) is 0 Å². The van der Waals surface area contributed by atoms with E-state index in [4.69, 9.17) is 4.84 Å². The van der Waals surface area contributed by atoms with Gasteiger partial charge in [-0.3, -0.25) is 9.98 Å². The van der Waals surface area contributed by atoms with Gasteiger partial charge in [-0.15, -0.1) is 0 Å². The van der Waals surface area contributed by atoms with Gasteiger partial charge < -0.3 is 4.84 Å². The topological polar surface area (TPSA) is 46.8 Å². The molecular formula is C14H15N3O. The Bertz CT molecular complexity index is 503. The first kappa shape index (κ1) is 12.2. The molecule has 0 saturated carbocycles. The molecule has 0 N–H and O–H groups in total. The van der Waals surface area contributed by atoms with Crippen LogP contribution in [-0.4, -0.2) is 22.5 Å². The minimum Gasteiger partial charge on any atom is -0.385 e. The predicted octanol–water partition coefficient (Wildman–Crippen LogP) is 2.74. The van der Waals surface area contributed by atoms with Gasteiger partial charge in [0.1, 0.15) is 5.71 Å². The van der Waals surface area contributed by atoms with Crippen LogP contribution in [0.5, 0.6) is 0 Å². The Hall–Kier alpha value is -2.23. The third-order valence-corrected chi connectivity index (χ3v) is 2.54. The number of nitrogens with zero attached hydrogens (tertiary/aromatic N) is 3. The zero-order valence-electron chi connectivity index (χ0n) is 10.3. The van der Waals surface area contributed by atoms with Crippen molar-refractivity contribution in [2.24, 2.45) is 10.1 Å². The number of hydrogen-bond donors (Lipinski definition) is 0. The van der Waals surface area contributed by atoms with Gasteiger partial charge in [0.15, 0.2) is 6.10 Å². The van der Waals surface area contributed by atoms with Gasteiger partial charge in [0.2, 0.25) is 0 Å². The quantitative estimate of drug-likeness (QED) is 0.761. The number of aliphatic imine (C=N–C) groups is 1. The molecule has 0 fully saturated rings. The zero-order valence-corrected chi connectivity index (χ0v) is 10.3. The van der Waals surface area contributed by atoms with E-state index in [2.05, 4.69) is 21.7 Å². The SMILES string of the molecule is C=CC(=N/C=C\C)C1CC(c2ccccn2)=NO1. The molecule has 1 aromatic rings. The molecule has 0 radical (unpaired) electrons. The van der Waals surface area contributed by atoms with E-state index in [-0.39, 0.29) is 6.10 Å². The lowest BCUT2D eigenvalue weighted by molar-refractivity contribution is 0.133. The maximum Gasteiger partial charge on any atom is 0.174 e. The highest BCUT2D eigenvalue weighted by atomic mass is 16.6. The van der Waals surface area contributed by atoms with Crippen molar-refractivity contribution >= 4 is 11.4 Å². The molecule has 4 nitrogen and oxygen atoms in total. The van der Waals surface area contributed by atoms with E-state index in [0.717, 1.165) is 17.1 Å². The maximum absolute atomic E-state index is 5.38. The van der Waals surface area contributed by atoms with Gasteiger partial charge >= 0.3 is 0 Å². The molecular weight excluding hydrogens is 226 g/mol. The average molecular weight is 241 g/mol. The second-order valence-electron chi connectivity index (χ2n) is 3.79. The molecule has 1 unspecified atom stereocenters. The van der Waals surface area contributed by atoms with Crippen LogP contribution in [0.15, 0.2) is 59.5 Å². The van der Waals surface area contributed by atoms with E-state index < -0.39 is 0 Å². The lowest BCUT2D eigenvalue weighted by atomic mass is 10.1. The van der Waals surface area contributed by atoms with Crippen molar-refractivity contribution in [2.75, 3.05) is 0 Å². The van der Waals surface area contributed by atoms with E-state index in [0.29, 0.717) is 6.42 Å². The highest BCUT2D eigenvalue weighted by Gasteiger charge is 2.25. The smallest absolute Gasteiger partial charge is 0.174 e. The molecule has 1 aliphatic heterocycles. The number of hydrogen-bond acceptors (Lipinski definition) is 4. The highest BCUT2D eigenvalue weighted by Crippen LogP contribution is 2.17. The number of pyridine rings is 1. The number of aromatic nitrogens is 1. The summed E-state index contributed by atoms with van der Waals surface area (Å²) < 4.78 is 0. The summed E-state index contributed by atoms with van der Waals surface area (Å²) in [4.78, 5) is 13.9. The van der Waals surface area contributed by atoms with Crippen LogP contribution in [0.4, 0.5) is 0 Å². The zero-order chi connectivity index (χ0) is 12.8. The minimum absolute atomic E-state index is 0.171. The second kappa shape index (κ2) is 5.91. The lowest BCUT2D eigenvalue weighted by Gasteiger charge is -2.06. The van der Waals surface area contributed by atoms with Gasteiger partial charge in [0, 0.05) is 18.8 Å². The van der Waals surface area contributed by atoms with Crippen LogP contribution in [0.1, 0.15) is 19.0 Å². The molecule has 0 spiro atoms. The normalized spacial score (nSPS) is 19.7. The molecule has 2 heterocycles. The fourth-order valence-electron chi connectivity index (χ4n) is 1.65. The minimum atomic E-state index is -0.171. The molecule has 0 aliphatic carbocycles. The summed E-state index contributed by atoms with van der Waals surface area (Å²) in [5.41, 5.74) is 2.47. The van der Waals surface area contributed by atoms with E-state index in [1.807, 2.05) is 31.2 Å². The second-order valence-corrected chi connectivity index (χ2v) is 3.79. The van der Waals surface area contributed by atoms with Gasteiger partial charge in [-0.25, -0.2) is 0 Å². The average Bonchev–Trinajstić information content (AvgIpc) is 2.90. The van der Waals surface area contributed by atoms with Gasteiger partial charge in [-0.05, 0) is 25.1 Å². The third kappa shape index (κ3) is 2.71. The van der Waals surface area contributed by atoms with E-state index >= 15 is 0 Å². The Morgan fingerprint density at radius 1 is 1.56 bits per heavy atom. The molecule has 1 aromatic heterocycles. The van der Waals surface area contributed by atoms with Gasteiger partial charge in [-0.1, -0.05) is 23.9 Å². The molecule has 0 aromatic carbocycles. The van der Waals surface area contributed by atoms with E-state index in [9.17, 15) is 0 Å². The highest BCUT2D eigenvalue weighted by molar-refractivity contribution is 6.07. The first-order valence-electron chi connectivity index (χ1n) is 5.80. The summed E-state index contributed by atoms with van der Waals surface area (Å²) >= 11 is 0. The number of rotatable bonds is 4.